The molecule has 17 heavy (non-hydrogen) atoms. The highest BCUT2D eigenvalue weighted by molar-refractivity contribution is 9.08. The van der Waals surface area contributed by atoms with Crippen molar-refractivity contribution in [3.8, 4) is 11.5 Å². The lowest BCUT2D eigenvalue weighted by molar-refractivity contribution is 0.481. The second kappa shape index (κ2) is 5.37. The summed E-state index contributed by atoms with van der Waals surface area (Å²) < 4.78 is 5.82. The van der Waals surface area contributed by atoms with Gasteiger partial charge in [0, 0.05) is 5.33 Å². The number of aryl methyl sites for hydroxylation is 2. The Morgan fingerprint density at radius 3 is 2.41 bits per heavy atom. The molecule has 0 radical (unpaired) electrons. The molecule has 0 aliphatic carbocycles. The SMILES string of the molecule is Cc1cccc(Oc2ccc(CBr)c(C)c2)c1. The van der Waals surface area contributed by atoms with E-state index >= 15 is 0 Å². The highest BCUT2D eigenvalue weighted by atomic mass is 79.9. The van der Waals surface area contributed by atoms with Gasteiger partial charge in [0.1, 0.15) is 11.5 Å². The zero-order valence-electron chi connectivity index (χ0n) is 10.0. The number of rotatable bonds is 3. The molecule has 0 unspecified atom stereocenters. The third kappa shape index (κ3) is 3.10. The fraction of sp³-hybridized carbons (Fsp3) is 0.200. The quantitative estimate of drug-likeness (QED) is 0.724. The van der Waals surface area contributed by atoms with Gasteiger partial charge in [-0.25, -0.2) is 0 Å². The molecule has 2 rings (SSSR count). The van der Waals surface area contributed by atoms with Crippen LogP contribution in [0.2, 0.25) is 0 Å². The van der Waals surface area contributed by atoms with E-state index in [0.29, 0.717) is 0 Å². The van der Waals surface area contributed by atoms with Crippen LogP contribution in [0, 0.1) is 13.8 Å². The first-order valence-corrected chi connectivity index (χ1v) is 6.71. The highest BCUT2D eigenvalue weighted by Gasteiger charge is 2.01. The van der Waals surface area contributed by atoms with Crippen LogP contribution in [0.3, 0.4) is 0 Å². The van der Waals surface area contributed by atoms with Crippen molar-refractivity contribution in [1.29, 1.82) is 0 Å². The molecule has 2 aromatic carbocycles. The van der Waals surface area contributed by atoms with Crippen LogP contribution < -0.4 is 4.74 Å². The summed E-state index contributed by atoms with van der Waals surface area (Å²) in [5.41, 5.74) is 3.74. The molecule has 2 heteroatoms. The zero-order chi connectivity index (χ0) is 12.3. The number of hydrogen-bond acceptors (Lipinski definition) is 1. The monoisotopic (exact) mass is 290 g/mol. The van der Waals surface area contributed by atoms with Crippen LogP contribution in [-0.2, 0) is 5.33 Å². The van der Waals surface area contributed by atoms with Crippen LogP contribution >= 0.6 is 15.9 Å². The second-order valence-corrected chi connectivity index (χ2v) is 4.70. The molecular weight excluding hydrogens is 276 g/mol. The number of ether oxygens (including phenoxy) is 1. The molecule has 0 spiro atoms. The fourth-order valence-corrected chi connectivity index (χ4v) is 2.33. The van der Waals surface area contributed by atoms with Gasteiger partial charge in [-0.1, -0.05) is 34.1 Å². The molecule has 0 aliphatic rings. The van der Waals surface area contributed by atoms with E-state index in [9.17, 15) is 0 Å². The molecule has 0 atom stereocenters. The lowest BCUT2D eigenvalue weighted by atomic mass is 10.1. The summed E-state index contributed by atoms with van der Waals surface area (Å²) in [7, 11) is 0. The van der Waals surface area contributed by atoms with Crippen LogP contribution in [0.25, 0.3) is 0 Å². The predicted molar refractivity (Wildman–Crippen MR) is 75.1 cm³/mol. The zero-order valence-corrected chi connectivity index (χ0v) is 11.6. The number of hydrogen-bond donors (Lipinski definition) is 0. The first-order valence-electron chi connectivity index (χ1n) is 5.59. The Bertz CT molecular complexity index is 520. The maximum absolute atomic E-state index is 5.82. The minimum atomic E-state index is 0.879. The van der Waals surface area contributed by atoms with E-state index in [1.807, 2.05) is 24.3 Å². The van der Waals surface area contributed by atoms with Crippen molar-refractivity contribution in [2.24, 2.45) is 0 Å². The molecule has 0 N–H and O–H groups in total. The van der Waals surface area contributed by atoms with Crippen molar-refractivity contribution in [3.63, 3.8) is 0 Å². The maximum Gasteiger partial charge on any atom is 0.127 e. The normalized spacial score (nSPS) is 10.3. The van der Waals surface area contributed by atoms with E-state index in [0.717, 1.165) is 16.8 Å². The molecule has 0 heterocycles. The topological polar surface area (TPSA) is 9.23 Å². The Morgan fingerprint density at radius 2 is 1.76 bits per heavy atom. The van der Waals surface area contributed by atoms with Gasteiger partial charge in [-0.3, -0.25) is 0 Å². The standard InChI is InChI=1S/C15H15BrO/c1-11-4-3-5-14(8-11)17-15-7-6-13(10-16)12(2)9-15/h3-9H,10H2,1-2H3. The molecule has 0 fully saturated rings. The van der Waals surface area contributed by atoms with Crippen molar-refractivity contribution in [3.05, 3.63) is 59.2 Å². The Hall–Kier alpha value is -1.28. The molecule has 0 aromatic heterocycles. The van der Waals surface area contributed by atoms with Crippen LogP contribution in [0.4, 0.5) is 0 Å². The van der Waals surface area contributed by atoms with Gasteiger partial charge in [-0.15, -0.1) is 0 Å². The smallest absolute Gasteiger partial charge is 0.127 e. The van der Waals surface area contributed by atoms with E-state index in [4.69, 9.17) is 4.74 Å². The average molecular weight is 291 g/mol. The van der Waals surface area contributed by atoms with Crippen molar-refractivity contribution >= 4 is 15.9 Å². The third-order valence-corrected chi connectivity index (χ3v) is 3.29. The fourth-order valence-electron chi connectivity index (χ4n) is 1.70. The lowest BCUT2D eigenvalue weighted by Gasteiger charge is -2.09. The Labute approximate surface area is 111 Å². The highest BCUT2D eigenvalue weighted by Crippen LogP contribution is 2.25. The molecule has 0 saturated carbocycles. The largest absolute Gasteiger partial charge is 0.457 e. The van der Waals surface area contributed by atoms with Gasteiger partial charge in [-0.05, 0) is 54.8 Å². The van der Waals surface area contributed by atoms with E-state index < -0.39 is 0 Å². The van der Waals surface area contributed by atoms with Gasteiger partial charge in [0.2, 0.25) is 0 Å². The summed E-state index contributed by atoms with van der Waals surface area (Å²) in [6.45, 7) is 4.16. The minimum absolute atomic E-state index is 0.879. The summed E-state index contributed by atoms with van der Waals surface area (Å²) in [4.78, 5) is 0. The van der Waals surface area contributed by atoms with Gasteiger partial charge >= 0.3 is 0 Å². The summed E-state index contributed by atoms with van der Waals surface area (Å²) in [6, 6.07) is 14.2. The summed E-state index contributed by atoms with van der Waals surface area (Å²) in [6.07, 6.45) is 0. The van der Waals surface area contributed by atoms with Gasteiger partial charge in [0.05, 0.1) is 0 Å². The first-order chi connectivity index (χ1) is 8.19. The van der Waals surface area contributed by atoms with Crippen molar-refractivity contribution in [2.45, 2.75) is 19.2 Å². The molecule has 2 aromatic rings. The van der Waals surface area contributed by atoms with Crippen LogP contribution in [0.15, 0.2) is 42.5 Å². The van der Waals surface area contributed by atoms with Crippen LogP contribution in [-0.4, -0.2) is 0 Å². The Morgan fingerprint density at radius 1 is 1.00 bits per heavy atom. The van der Waals surface area contributed by atoms with Gasteiger partial charge < -0.3 is 4.74 Å². The molecule has 0 bridgehead atoms. The minimum Gasteiger partial charge on any atom is -0.457 e. The number of halogens is 1. The molecule has 0 amide bonds. The summed E-state index contributed by atoms with van der Waals surface area (Å²) >= 11 is 3.47. The lowest BCUT2D eigenvalue weighted by Crippen LogP contribution is -1.88. The van der Waals surface area contributed by atoms with Gasteiger partial charge in [0.15, 0.2) is 0 Å². The Balaban J connectivity index is 2.22. The third-order valence-electron chi connectivity index (χ3n) is 2.68. The number of benzene rings is 2. The van der Waals surface area contributed by atoms with Crippen molar-refractivity contribution < 1.29 is 4.74 Å². The summed E-state index contributed by atoms with van der Waals surface area (Å²) in [5, 5.41) is 0.879. The number of alkyl halides is 1. The van der Waals surface area contributed by atoms with E-state index in [-0.39, 0.29) is 0 Å². The van der Waals surface area contributed by atoms with Crippen molar-refractivity contribution in [1.82, 2.24) is 0 Å². The Kier molecular flexibility index (Phi) is 3.85. The first kappa shape index (κ1) is 12.2. The van der Waals surface area contributed by atoms with Crippen molar-refractivity contribution in [2.75, 3.05) is 0 Å². The van der Waals surface area contributed by atoms with E-state index in [1.165, 1.54) is 16.7 Å². The molecule has 0 aliphatic heterocycles. The van der Waals surface area contributed by atoms with Crippen LogP contribution in [0.1, 0.15) is 16.7 Å². The summed E-state index contributed by atoms with van der Waals surface area (Å²) in [5.74, 6) is 1.77. The maximum atomic E-state index is 5.82. The van der Waals surface area contributed by atoms with Gasteiger partial charge in [-0.2, -0.15) is 0 Å². The molecule has 88 valence electrons. The molecule has 0 saturated heterocycles. The predicted octanol–water partition coefficient (Wildman–Crippen LogP) is 4.99. The second-order valence-electron chi connectivity index (χ2n) is 4.14. The van der Waals surface area contributed by atoms with E-state index in [2.05, 4.69) is 48.0 Å². The average Bonchev–Trinajstić information content (AvgIpc) is 2.29. The van der Waals surface area contributed by atoms with Crippen LogP contribution in [0.5, 0.6) is 11.5 Å². The van der Waals surface area contributed by atoms with Gasteiger partial charge in [0.25, 0.3) is 0 Å². The molecular formula is C15H15BrO. The van der Waals surface area contributed by atoms with E-state index in [1.54, 1.807) is 0 Å². The molecule has 1 nitrogen and oxygen atoms in total.